The van der Waals surface area contributed by atoms with Crippen LogP contribution >= 0.6 is 76.2 Å². The van der Waals surface area contributed by atoms with E-state index in [9.17, 15) is 0 Å². The molecule has 0 N–H and O–H groups in total. The Morgan fingerprint density at radius 1 is 0.395 bits per heavy atom. The Morgan fingerprint density at radius 3 is 1.12 bits per heavy atom. The normalized spacial score (nSPS) is 12.0. The maximum Gasteiger partial charge on any atom is 0.0615 e. The zero-order chi connectivity index (χ0) is 30.6. The van der Waals surface area contributed by atoms with Crippen molar-refractivity contribution in [2.45, 2.75) is 154 Å². The van der Waals surface area contributed by atoms with Crippen LogP contribution in [0.5, 0.6) is 0 Å². The molecule has 4 rings (SSSR count). The molecule has 0 amide bonds. The van der Waals surface area contributed by atoms with Crippen molar-refractivity contribution in [1.82, 2.24) is 0 Å². The molecular formula is C36H54S7. The molecule has 2 heterocycles. The lowest BCUT2D eigenvalue weighted by Crippen LogP contribution is -1.99. The van der Waals surface area contributed by atoms with Gasteiger partial charge in [-0.3, -0.25) is 0 Å². The maximum absolute atomic E-state index is 2.42. The quantitative estimate of drug-likeness (QED) is 0.0388. The van der Waals surface area contributed by atoms with Gasteiger partial charge in [-0.15, -0.1) is 46.2 Å². The van der Waals surface area contributed by atoms with Gasteiger partial charge in [-0.25, -0.2) is 0 Å². The first kappa shape index (κ1) is 36.1. The molecule has 0 saturated heterocycles. The molecule has 240 valence electrons. The molecule has 0 nitrogen and oxygen atoms in total. The van der Waals surface area contributed by atoms with E-state index < -0.39 is 0 Å². The minimum absolute atomic E-state index is 1.12. The van der Waals surface area contributed by atoms with Crippen LogP contribution in [0, 0.1) is 0 Å². The third kappa shape index (κ3) is 8.78. The van der Waals surface area contributed by atoms with Crippen molar-refractivity contribution in [1.29, 1.82) is 0 Å². The smallest absolute Gasteiger partial charge is 0.0615 e. The van der Waals surface area contributed by atoms with E-state index in [-0.39, 0.29) is 0 Å². The average Bonchev–Trinajstić information content (AvgIpc) is 3.51. The van der Waals surface area contributed by atoms with E-state index in [1.165, 1.54) is 88.6 Å². The minimum Gasteiger partial charge on any atom is -0.133 e. The van der Waals surface area contributed by atoms with Crippen LogP contribution in [0.1, 0.15) is 141 Å². The Morgan fingerprint density at radius 2 is 0.744 bits per heavy atom. The van der Waals surface area contributed by atoms with Gasteiger partial charge in [-0.05, 0) is 81.6 Å². The molecule has 0 aliphatic carbocycles. The molecule has 4 aromatic rings. The number of rotatable bonds is 20. The Bertz CT molecular complexity index is 1350. The summed E-state index contributed by atoms with van der Waals surface area (Å²) in [6.45, 7) is 14.2. The van der Waals surface area contributed by atoms with E-state index in [0.717, 1.165) is 25.7 Å². The van der Waals surface area contributed by atoms with E-state index in [2.05, 4.69) is 87.7 Å². The fourth-order valence-electron chi connectivity index (χ4n) is 6.11. The summed E-state index contributed by atoms with van der Waals surface area (Å²) in [5.74, 6) is 2.53. The number of unbranched alkanes of at least 4 members (excludes halogenated alkanes) is 10. The van der Waals surface area contributed by atoms with E-state index in [0.29, 0.717) is 0 Å². The number of benzene rings is 2. The van der Waals surface area contributed by atoms with Gasteiger partial charge in [-0.2, -0.15) is 0 Å². The van der Waals surface area contributed by atoms with Gasteiger partial charge in [0.25, 0.3) is 0 Å². The predicted molar refractivity (Wildman–Crippen MR) is 212 cm³/mol. The molecular weight excluding hydrogens is 657 g/mol. The van der Waals surface area contributed by atoms with E-state index >= 15 is 0 Å². The van der Waals surface area contributed by atoms with Gasteiger partial charge in [0, 0.05) is 28.6 Å². The lowest BCUT2D eigenvalue weighted by atomic mass is 10.1. The summed E-state index contributed by atoms with van der Waals surface area (Å²) in [6, 6.07) is 0. The lowest BCUT2D eigenvalue weighted by molar-refractivity contribution is 0.626. The first-order valence-electron chi connectivity index (χ1n) is 17.2. The van der Waals surface area contributed by atoms with Gasteiger partial charge < -0.3 is 0 Å². The highest BCUT2D eigenvalue weighted by Gasteiger charge is 2.23. The summed E-state index contributed by atoms with van der Waals surface area (Å²) in [7, 11) is 5.99. The Balaban J connectivity index is 1.80. The standard InChI is InChI=1S/C36H54S7/c1-7-13-15-17-19-21-23-37-29-25(9-3)31-32(26(10-4)30(29)38-24-22-20-18-16-14-8-2)40-34-28(12-6)36-35(41-43-42-36)27(11-5)33(34)39-31/h7-24H2,1-6H3. The summed E-state index contributed by atoms with van der Waals surface area (Å²) in [5.41, 5.74) is 6.51. The Labute approximate surface area is 289 Å². The van der Waals surface area contributed by atoms with Gasteiger partial charge in [0.05, 0.1) is 9.40 Å². The van der Waals surface area contributed by atoms with Crippen molar-refractivity contribution in [2.75, 3.05) is 11.5 Å². The highest BCUT2D eigenvalue weighted by molar-refractivity contribution is 8.02. The number of hydrogen-bond donors (Lipinski definition) is 0. The monoisotopic (exact) mass is 710 g/mol. The van der Waals surface area contributed by atoms with Crippen molar-refractivity contribution < 1.29 is 0 Å². The summed E-state index contributed by atoms with van der Waals surface area (Å²) >= 11 is 8.71. The zero-order valence-electron chi connectivity index (χ0n) is 27.6. The van der Waals surface area contributed by atoms with Crippen LogP contribution in [-0.2, 0) is 25.7 Å². The van der Waals surface area contributed by atoms with Gasteiger partial charge in [0.2, 0.25) is 0 Å². The molecule has 7 heteroatoms. The summed E-state index contributed by atoms with van der Waals surface area (Å²) in [6.07, 6.45) is 21.1. The Hall–Kier alpha value is 0.240. The number of aryl methyl sites for hydroxylation is 4. The van der Waals surface area contributed by atoms with Crippen molar-refractivity contribution in [3.63, 3.8) is 0 Å². The highest BCUT2D eigenvalue weighted by atomic mass is 33.2. The Kier molecular flexibility index (Phi) is 16.1. The molecule has 0 radical (unpaired) electrons. The van der Waals surface area contributed by atoms with Gasteiger partial charge in [-0.1, -0.05) is 126 Å². The second kappa shape index (κ2) is 19.2. The van der Waals surface area contributed by atoms with E-state index in [1.807, 2.05) is 30.0 Å². The summed E-state index contributed by atoms with van der Waals surface area (Å²) in [5, 5.41) is 0. The molecule has 0 fully saturated rings. The maximum atomic E-state index is 2.42. The fraction of sp³-hybridized carbons (Fsp3) is 0.667. The second-order valence-corrected chi connectivity index (χ2v) is 19.8. The molecule has 0 bridgehead atoms. The first-order valence-corrected chi connectivity index (χ1v) is 24.3. The van der Waals surface area contributed by atoms with Crippen LogP contribution in [0.4, 0.5) is 0 Å². The van der Waals surface area contributed by atoms with Crippen LogP contribution < -0.4 is 0 Å². The summed E-state index contributed by atoms with van der Waals surface area (Å²) in [4.78, 5) is 3.30. The van der Waals surface area contributed by atoms with Crippen molar-refractivity contribution in [3.05, 3.63) is 22.3 Å². The minimum atomic E-state index is 1.12. The highest BCUT2D eigenvalue weighted by Crippen LogP contribution is 2.51. The van der Waals surface area contributed by atoms with E-state index in [4.69, 9.17) is 0 Å². The lowest BCUT2D eigenvalue weighted by Gasteiger charge is -2.22. The van der Waals surface area contributed by atoms with Crippen LogP contribution in [0.2, 0.25) is 0 Å². The number of hydrogen-bond acceptors (Lipinski definition) is 7. The molecule has 2 aromatic heterocycles. The van der Waals surface area contributed by atoms with Gasteiger partial charge in [0.1, 0.15) is 0 Å². The molecule has 0 saturated carbocycles. The third-order valence-corrected chi connectivity index (χ3v) is 18.2. The van der Waals surface area contributed by atoms with Crippen LogP contribution in [-0.4, -0.2) is 11.5 Å². The van der Waals surface area contributed by atoms with Crippen molar-refractivity contribution >= 4 is 104 Å². The predicted octanol–water partition coefficient (Wildman–Crippen LogP) is 15.7. The van der Waals surface area contributed by atoms with Crippen LogP contribution in [0.15, 0.2) is 9.79 Å². The zero-order valence-corrected chi connectivity index (χ0v) is 33.3. The second-order valence-electron chi connectivity index (χ2n) is 11.6. The largest absolute Gasteiger partial charge is 0.133 e. The summed E-state index contributed by atoms with van der Waals surface area (Å²) < 4.78 is 9.52. The molecule has 2 aromatic carbocycles. The number of fused-ring (bicyclic) bond motifs is 3. The molecule has 43 heavy (non-hydrogen) atoms. The third-order valence-electron chi connectivity index (χ3n) is 8.56. The number of thioether (sulfide) groups is 2. The van der Waals surface area contributed by atoms with Crippen molar-refractivity contribution in [2.24, 2.45) is 0 Å². The topological polar surface area (TPSA) is 0 Å². The molecule has 0 atom stereocenters. The molecule has 0 aliphatic heterocycles. The van der Waals surface area contributed by atoms with Gasteiger partial charge >= 0.3 is 0 Å². The molecule has 0 unspecified atom stereocenters. The van der Waals surface area contributed by atoms with Crippen molar-refractivity contribution in [3.8, 4) is 0 Å². The van der Waals surface area contributed by atoms with E-state index in [1.54, 1.807) is 60.2 Å². The molecule has 0 aliphatic rings. The van der Waals surface area contributed by atoms with Gasteiger partial charge in [0.15, 0.2) is 0 Å². The molecule has 0 spiro atoms. The van der Waals surface area contributed by atoms with Crippen LogP contribution in [0.3, 0.4) is 0 Å². The van der Waals surface area contributed by atoms with Crippen LogP contribution in [0.25, 0.3) is 28.2 Å². The SMILES string of the molecule is CCCCCCCCSc1c(SCCCCCCCC)c(CC)c2sc3c(CC)c4sssc4c(CC)c3sc2c1CC. The fourth-order valence-corrected chi connectivity index (χ4v) is 17.4. The first-order chi connectivity index (χ1) is 21.1. The average molecular weight is 711 g/mol.